The van der Waals surface area contributed by atoms with E-state index in [2.05, 4.69) is 0 Å². The van der Waals surface area contributed by atoms with Crippen LogP contribution in [0.4, 0.5) is 0 Å². The summed E-state index contributed by atoms with van der Waals surface area (Å²) in [6.07, 6.45) is -1.69. The quantitative estimate of drug-likeness (QED) is 0.0803. The first-order chi connectivity index (χ1) is 22.0. The molecule has 2 atom stereocenters. The maximum Gasteiger partial charge on any atom is 0.343 e. The minimum Gasteiger partial charge on any atom is -0.507 e. The highest BCUT2D eigenvalue weighted by atomic mass is 16.6. The second-order valence-electron chi connectivity index (χ2n) is 10.1. The highest BCUT2D eigenvalue weighted by Crippen LogP contribution is 2.45. The molecule has 4 aromatic carbocycles. The number of esters is 1. The van der Waals surface area contributed by atoms with Gasteiger partial charge in [-0.15, -0.1) is 0 Å². The van der Waals surface area contributed by atoms with E-state index in [0.717, 1.165) is 24.3 Å². The molecule has 0 radical (unpaired) electrons. The third kappa shape index (κ3) is 5.11. The van der Waals surface area contributed by atoms with Gasteiger partial charge in [0.25, 0.3) is 0 Å². The minimum atomic E-state index is -1.10. The topological polar surface area (TPSA) is 226 Å². The zero-order valence-electron chi connectivity index (χ0n) is 23.6. The van der Waals surface area contributed by atoms with Crippen LogP contribution in [-0.2, 0) is 0 Å². The number of ether oxygens (including phenoxy) is 4. The van der Waals surface area contributed by atoms with E-state index in [-0.39, 0.29) is 51.2 Å². The van der Waals surface area contributed by atoms with E-state index in [1.807, 2.05) is 0 Å². The van der Waals surface area contributed by atoms with Gasteiger partial charge in [-0.1, -0.05) is 6.07 Å². The third-order valence-corrected chi connectivity index (χ3v) is 7.23. The van der Waals surface area contributed by atoms with E-state index in [0.29, 0.717) is 5.56 Å². The van der Waals surface area contributed by atoms with Crippen molar-refractivity contribution in [1.29, 1.82) is 0 Å². The van der Waals surface area contributed by atoms with Crippen LogP contribution in [0.15, 0.2) is 69.9 Å². The molecule has 14 heteroatoms. The van der Waals surface area contributed by atoms with E-state index in [1.54, 1.807) is 6.07 Å². The highest BCUT2D eigenvalue weighted by Gasteiger charge is 2.34. The molecule has 0 bridgehead atoms. The van der Waals surface area contributed by atoms with Gasteiger partial charge in [0, 0.05) is 23.3 Å². The molecule has 14 nitrogen and oxygen atoms in total. The summed E-state index contributed by atoms with van der Waals surface area (Å²) in [6, 6.07) is 12.6. The van der Waals surface area contributed by atoms with Crippen LogP contribution >= 0.6 is 0 Å². The molecule has 1 aliphatic heterocycles. The molecule has 5 aromatic rings. The Morgan fingerprint density at radius 1 is 0.804 bits per heavy atom. The molecule has 0 aliphatic carbocycles. The van der Waals surface area contributed by atoms with Crippen molar-refractivity contribution in [2.45, 2.75) is 12.2 Å². The van der Waals surface area contributed by atoms with Gasteiger partial charge in [0.15, 0.2) is 58.2 Å². The van der Waals surface area contributed by atoms with Gasteiger partial charge in [0.2, 0.25) is 11.2 Å². The first-order valence-electron chi connectivity index (χ1n) is 13.4. The van der Waals surface area contributed by atoms with Gasteiger partial charge in [0.05, 0.1) is 19.3 Å². The molecule has 0 amide bonds. The lowest BCUT2D eigenvalue weighted by Gasteiger charge is -2.33. The Morgan fingerprint density at radius 2 is 1.54 bits per heavy atom. The Balaban J connectivity index is 1.37. The van der Waals surface area contributed by atoms with Crippen molar-refractivity contribution in [2.24, 2.45) is 0 Å². The largest absolute Gasteiger partial charge is 0.507 e. The van der Waals surface area contributed by atoms with E-state index in [4.69, 9.17) is 23.4 Å². The first kappa shape index (κ1) is 29.8. The van der Waals surface area contributed by atoms with Gasteiger partial charge in [-0.3, -0.25) is 4.79 Å². The van der Waals surface area contributed by atoms with E-state index >= 15 is 0 Å². The van der Waals surface area contributed by atoms with Crippen LogP contribution in [0, 0.1) is 0 Å². The molecule has 0 saturated heterocycles. The Labute approximate surface area is 257 Å². The Kier molecular flexibility index (Phi) is 7.34. The average molecular weight is 633 g/mol. The maximum atomic E-state index is 13.1. The number of benzene rings is 4. The summed E-state index contributed by atoms with van der Waals surface area (Å²) in [6.45, 7) is -0.416. The number of fused-ring (bicyclic) bond motifs is 2. The van der Waals surface area contributed by atoms with Crippen molar-refractivity contribution in [3.8, 4) is 68.8 Å². The third-order valence-electron chi connectivity index (χ3n) is 7.23. The monoisotopic (exact) mass is 632 g/mol. The Morgan fingerprint density at radius 3 is 2.24 bits per heavy atom. The van der Waals surface area contributed by atoms with Crippen molar-refractivity contribution in [3.05, 3.63) is 82.0 Å². The van der Waals surface area contributed by atoms with Gasteiger partial charge < -0.3 is 59.1 Å². The molecule has 0 fully saturated rings. The molecular weight excluding hydrogens is 608 g/mol. The number of hydrogen-bond donors (Lipinski definition) is 7. The number of aromatic hydroxyl groups is 6. The number of rotatable bonds is 6. The first-order valence-corrected chi connectivity index (χ1v) is 13.4. The zero-order valence-corrected chi connectivity index (χ0v) is 23.6. The number of carbonyl (C=O) groups is 1. The van der Waals surface area contributed by atoms with Crippen LogP contribution in [0.2, 0.25) is 0 Å². The number of methoxy groups -OCH3 is 1. The normalized spacial score (nSPS) is 15.4. The molecule has 0 spiro atoms. The van der Waals surface area contributed by atoms with Crippen LogP contribution in [0.1, 0.15) is 22.0 Å². The fourth-order valence-electron chi connectivity index (χ4n) is 4.97. The fraction of sp³-hybridized carbons (Fsp3) is 0.125. The lowest BCUT2D eigenvalue weighted by molar-refractivity contribution is -0.0123. The standard InChI is InChI=1S/C32H24O14/c1-42-22-8-13(2-4-17(22)34)30-25(12-33)44-21-5-3-14(9-23(21)45-30)31-29(40)28(39)26-18(35)10-16(11-24(26)46-31)43-32(41)15-6-19(36)27(38)20(37)7-15/h2-11,25,30,33-38,40H,12H2,1H3. The van der Waals surface area contributed by atoms with Crippen LogP contribution in [0.3, 0.4) is 0 Å². The van der Waals surface area contributed by atoms with Gasteiger partial charge in [-0.25, -0.2) is 4.79 Å². The fourth-order valence-corrected chi connectivity index (χ4v) is 4.97. The number of hydrogen-bond acceptors (Lipinski definition) is 14. The summed E-state index contributed by atoms with van der Waals surface area (Å²) in [5.41, 5.74) is -0.949. The predicted octanol–water partition coefficient (Wildman–Crippen LogP) is 3.79. The minimum absolute atomic E-state index is 0.101. The van der Waals surface area contributed by atoms with E-state index in [1.165, 1.54) is 37.4 Å². The molecule has 2 unspecified atom stereocenters. The van der Waals surface area contributed by atoms with Crippen LogP contribution < -0.4 is 24.4 Å². The molecule has 0 saturated carbocycles. The summed E-state index contributed by atoms with van der Waals surface area (Å²) in [4.78, 5) is 25.8. The van der Waals surface area contributed by atoms with E-state index < -0.39 is 64.3 Å². The molecule has 2 heterocycles. The number of aliphatic hydroxyl groups excluding tert-OH is 1. The summed E-state index contributed by atoms with van der Waals surface area (Å²) >= 11 is 0. The molecule has 1 aromatic heterocycles. The van der Waals surface area contributed by atoms with Crippen molar-refractivity contribution in [2.75, 3.05) is 13.7 Å². The SMILES string of the molecule is COc1cc(C2Oc3cc(-c4oc5cc(OC(=O)c6cc(O)c(O)c(O)c6)cc(O)c5c(=O)c4O)ccc3OC2CO)ccc1O. The molecule has 6 rings (SSSR count). The van der Waals surface area contributed by atoms with Crippen molar-refractivity contribution < 1.29 is 63.9 Å². The van der Waals surface area contributed by atoms with Crippen molar-refractivity contribution in [3.63, 3.8) is 0 Å². The average Bonchev–Trinajstić information content (AvgIpc) is 3.04. The molecule has 236 valence electrons. The molecule has 7 N–H and O–H groups in total. The summed E-state index contributed by atoms with van der Waals surface area (Å²) in [7, 11) is 1.38. The zero-order chi connectivity index (χ0) is 32.9. The smallest absolute Gasteiger partial charge is 0.343 e. The van der Waals surface area contributed by atoms with Crippen LogP contribution in [0.5, 0.6) is 57.5 Å². The number of aliphatic hydroxyl groups is 1. The highest BCUT2D eigenvalue weighted by molar-refractivity contribution is 5.94. The van der Waals surface area contributed by atoms with Gasteiger partial charge in [-0.05, 0) is 42.5 Å². The summed E-state index contributed by atoms with van der Waals surface area (Å²) in [5, 5.41) is 69.9. The number of phenolic OH excluding ortho intramolecular Hbond substituents is 5. The summed E-state index contributed by atoms with van der Waals surface area (Å²) in [5.74, 6) is -5.17. The number of carbonyl (C=O) groups excluding carboxylic acids is 1. The van der Waals surface area contributed by atoms with Crippen molar-refractivity contribution in [1.82, 2.24) is 0 Å². The van der Waals surface area contributed by atoms with E-state index in [9.17, 15) is 45.3 Å². The number of phenols is 5. The van der Waals surface area contributed by atoms with Crippen LogP contribution in [-0.4, -0.2) is 61.5 Å². The second-order valence-corrected chi connectivity index (χ2v) is 10.1. The van der Waals surface area contributed by atoms with Gasteiger partial charge in [0.1, 0.15) is 22.5 Å². The van der Waals surface area contributed by atoms with Crippen LogP contribution in [0.25, 0.3) is 22.3 Å². The summed E-state index contributed by atoms with van der Waals surface area (Å²) < 4.78 is 28.3. The second kappa shape index (κ2) is 11.3. The Hall–Kier alpha value is -6.28. The Bertz CT molecular complexity index is 2060. The van der Waals surface area contributed by atoms with Crippen molar-refractivity contribution >= 4 is 16.9 Å². The maximum absolute atomic E-state index is 13.1. The molecule has 46 heavy (non-hydrogen) atoms. The lowest BCUT2D eigenvalue weighted by atomic mass is 10.0. The lowest BCUT2D eigenvalue weighted by Crippen LogP contribution is -2.36. The van der Waals surface area contributed by atoms with Gasteiger partial charge in [-0.2, -0.15) is 0 Å². The van der Waals surface area contributed by atoms with Gasteiger partial charge >= 0.3 is 5.97 Å². The molecular formula is C32H24O14. The molecule has 1 aliphatic rings. The predicted molar refractivity (Wildman–Crippen MR) is 157 cm³/mol.